The number of pyridine rings is 1. The molecule has 1 heterocycles. The molecule has 0 fully saturated rings. The number of hydrogen-bond acceptors (Lipinski definition) is 3. The van der Waals surface area contributed by atoms with Crippen molar-refractivity contribution in [1.29, 1.82) is 0 Å². The summed E-state index contributed by atoms with van der Waals surface area (Å²) in [4.78, 5) is 4.25. The molecule has 0 amide bonds. The summed E-state index contributed by atoms with van der Waals surface area (Å²) < 4.78 is 0. The van der Waals surface area contributed by atoms with Crippen LogP contribution in [0, 0.1) is 5.41 Å². The van der Waals surface area contributed by atoms with E-state index < -0.39 is 0 Å². The molecular formula is C13H23N3. The standard InChI is InChI=1S/C13H23N3/c1-6-14-12-9-11(7-8-15-12)16-10(2)13(3,4)5/h7-10H,6H2,1-5H3,(H2,14,15,16). The van der Waals surface area contributed by atoms with Crippen molar-refractivity contribution in [1.82, 2.24) is 4.98 Å². The number of anilines is 2. The van der Waals surface area contributed by atoms with E-state index in [9.17, 15) is 0 Å². The minimum absolute atomic E-state index is 0.252. The molecule has 0 aliphatic carbocycles. The number of hydrogen-bond donors (Lipinski definition) is 2. The maximum atomic E-state index is 4.25. The normalized spacial score (nSPS) is 13.3. The van der Waals surface area contributed by atoms with Gasteiger partial charge >= 0.3 is 0 Å². The molecule has 2 N–H and O–H groups in total. The molecule has 1 aromatic heterocycles. The summed E-state index contributed by atoms with van der Waals surface area (Å²) in [7, 11) is 0. The van der Waals surface area contributed by atoms with Crippen molar-refractivity contribution >= 4 is 11.5 Å². The van der Waals surface area contributed by atoms with Crippen LogP contribution in [0.4, 0.5) is 11.5 Å². The first-order valence-corrected chi connectivity index (χ1v) is 5.90. The average molecular weight is 221 g/mol. The van der Waals surface area contributed by atoms with Gasteiger partial charge in [-0.2, -0.15) is 0 Å². The predicted molar refractivity (Wildman–Crippen MR) is 70.9 cm³/mol. The van der Waals surface area contributed by atoms with E-state index >= 15 is 0 Å². The highest BCUT2D eigenvalue weighted by Gasteiger charge is 2.19. The van der Waals surface area contributed by atoms with Crippen molar-refractivity contribution in [2.45, 2.75) is 40.7 Å². The van der Waals surface area contributed by atoms with Crippen molar-refractivity contribution < 1.29 is 0 Å². The lowest BCUT2D eigenvalue weighted by Gasteiger charge is -2.29. The van der Waals surface area contributed by atoms with E-state index in [0.29, 0.717) is 6.04 Å². The summed E-state index contributed by atoms with van der Waals surface area (Å²) in [5.41, 5.74) is 1.37. The van der Waals surface area contributed by atoms with Crippen LogP contribution in [0.25, 0.3) is 0 Å². The molecule has 0 radical (unpaired) electrons. The number of rotatable bonds is 4. The maximum absolute atomic E-state index is 4.25. The molecule has 90 valence electrons. The van der Waals surface area contributed by atoms with Crippen LogP contribution < -0.4 is 10.6 Å². The van der Waals surface area contributed by atoms with Gasteiger partial charge in [-0.05, 0) is 25.3 Å². The Morgan fingerprint density at radius 2 is 2.06 bits per heavy atom. The van der Waals surface area contributed by atoms with E-state index in [1.54, 1.807) is 0 Å². The summed E-state index contributed by atoms with van der Waals surface area (Å²) in [6.45, 7) is 11.9. The maximum Gasteiger partial charge on any atom is 0.127 e. The van der Waals surface area contributed by atoms with Crippen LogP contribution in [0.1, 0.15) is 34.6 Å². The van der Waals surface area contributed by atoms with Gasteiger partial charge in [-0.3, -0.25) is 0 Å². The van der Waals surface area contributed by atoms with Gasteiger partial charge in [-0.1, -0.05) is 20.8 Å². The van der Waals surface area contributed by atoms with E-state index in [2.05, 4.69) is 50.2 Å². The van der Waals surface area contributed by atoms with Crippen molar-refractivity contribution in [3.63, 3.8) is 0 Å². The molecular weight excluding hydrogens is 198 g/mol. The summed E-state index contributed by atoms with van der Waals surface area (Å²) in [5.74, 6) is 0.925. The van der Waals surface area contributed by atoms with E-state index in [-0.39, 0.29) is 5.41 Å². The van der Waals surface area contributed by atoms with Gasteiger partial charge in [0, 0.05) is 30.5 Å². The van der Waals surface area contributed by atoms with Crippen molar-refractivity contribution in [3.05, 3.63) is 18.3 Å². The quantitative estimate of drug-likeness (QED) is 0.818. The first-order chi connectivity index (χ1) is 7.43. The van der Waals surface area contributed by atoms with Crippen LogP contribution in [-0.4, -0.2) is 17.6 Å². The lowest BCUT2D eigenvalue weighted by Crippen LogP contribution is -2.30. The van der Waals surface area contributed by atoms with Crippen LogP contribution in [-0.2, 0) is 0 Å². The van der Waals surface area contributed by atoms with Gasteiger partial charge in [0.25, 0.3) is 0 Å². The Labute approximate surface area is 98.7 Å². The van der Waals surface area contributed by atoms with Crippen LogP contribution >= 0.6 is 0 Å². The molecule has 1 rings (SSSR count). The zero-order valence-electron chi connectivity index (χ0n) is 11.0. The minimum atomic E-state index is 0.252. The summed E-state index contributed by atoms with van der Waals surface area (Å²) in [6.07, 6.45) is 1.83. The molecule has 0 bridgehead atoms. The Balaban J connectivity index is 2.70. The van der Waals surface area contributed by atoms with Crippen molar-refractivity contribution in [3.8, 4) is 0 Å². The lowest BCUT2D eigenvalue weighted by molar-refractivity contribution is 0.359. The average Bonchev–Trinajstić information content (AvgIpc) is 2.17. The fourth-order valence-corrected chi connectivity index (χ4v) is 1.26. The molecule has 0 aromatic carbocycles. The highest BCUT2D eigenvalue weighted by Crippen LogP contribution is 2.23. The van der Waals surface area contributed by atoms with E-state index in [0.717, 1.165) is 18.1 Å². The van der Waals surface area contributed by atoms with Gasteiger partial charge < -0.3 is 10.6 Å². The molecule has 3 heteroatoms. The second kappa shape index (κ2) is 5.19. The Bertz CT molecular complexity index is 328. The van der Waals surface area contributed by atoms with Crippen LogP contribution in [0.2, 0.25) is 0 Å². The first-order valence-electron chi connectivity index (χ1n) is 5.90. The monoisotopic (exact) mass is 221 g/mol. The zero-order valence-corrected chi connectivity index (χ0v) is 11.0. The molecule has 1 atom stereocenters. The second-order valence-electron chi connectivity index (χ2n) is 5.19. The molecule has 0 aliphatic heterocycles. The molecule has 1 unspecified atom stereocenters. The summed E-state index contributed by atoms with van der Waals surface area (Å²) in [6, 6.07) is 4.47. The van der Waals surface area contributed by atoms with Crippen molar-refractivity contribution in [2.75, 3.05) is 17.2 Å². The minimum Gasteiger partial charge on any atom is -0.382 e. The summed E-state index contributed by atoms with van der Waals surface area (Å²) in [5, 5.41) is 6.71. The fraction of sp³-hybridized carbons (Fsp3) is 0.615. The molecule has 0 aliphatic rings. The zero-order chi connectivity index (χ0) is 12.2. The molecule has 0 spiro atoms. The summed E-state index contributed by atoms with van der Waals surface area (Å²) >= 11 is 0. The predicted octanol–water partition coefficient (Wildman–Crippen LogP) is 3.36. The van der Waals surface area contributed by atoms with E-state index in [4.69, 9.17) is 0 Å². The van der Waals surface area contributed by atoms with Gasteiger partial charge in [-0.25, -0.2) is 4.98 Å². The van der Waals surface area contributed by atoms with Crippen LogP contribution in [0.3, 0.4) is 0 Å². The second-order valence-corrected chi connectivity index (χ2v) is 5.19. The number of nitrogens with one attached hydrogen (secondary N) is 2. The van der Waals surface area contributed by atoms with Gasteiger partial charge in [0.1, 0.15) is 5.82 Å². The first kappa shape index (κ1) is 12.8. The largest absolute Gasteiger partial charge is 0.382 e. The lowest BCUT2D eigenvalue weighted by atomic mass is 9.88. The van der Waals surface area contributed by atoms with Gasteiger partial charge in [0.05, 0.1) is 0 Å². The fourth-order valence-electron chi connectivity index (χ4n) is 1.26. The Kier molecular flexibility index (Phi) is 4.16. The highest BCUT2D eigenvalue weighted by molar-refractivity contribution is 5.52. The Hall–Kier alpha value is -1.25. The van der Waals surface area contributed by atoms with Gasteiger partial charge in [0.15, 0.2) is 0 Å². The van der Waals surface area contributed by atoms with Gasteiger partial charge in [-0.15, -0.1) is 0 Å². The highest BCUT2D eigenvalue weighted by atomic mass is 15.0. The Morgan fingerprint density at radius 3 is 2.62 bits per heavy atom. The SMILES string of the molecule is CCNc1cc(NC(C)C(C)(C)C)ccn1. The number of nitrogens with zero attached hydrogens (tertiary/aromatic N) is 1. The molecule has 0 saturated carbocycles. The van der Waals surface area contributed by atoms with Crippen LogP contribution in [0.5, 0.6) is 0 Å². The van der Waals surface area contributed by atoms with E-state index in [1.807, 2.05) is 18.3 Å². The van der Waals surface area contributed by atoms with E-state index in [1.165, 1.54) is 0 Å². The van der Waals surface area contributed by atoms with Crippen LogP contribution in [0.15, 0.2) is 18.3 Å². The van der Waals surface area contributed by atoms with Gasteiger partial charge in [0.2, 0.25) is 0 Å². The third-order valence-corrected chi connectivity index (χ3v) is 2.80. The Morgan fingerprint density at radius 1 is 1.38 bits per heavy atom. The molecule has 1 aromatic rings. The molecule has 16 heavy (non-hydrogen) atoms. The molecule has 3 nitrogen and oxygen atoms in total. The molecule has 0 saturated heterocycles. The third-order valence-electron chi connectivity index (χ3n) is 2.80. The smallest absolute Gasteiger partial charge is 0.127 e. The topological polar surface area (TPSA) is 37.0 Å². The van der Waals surface area contributed by atoms with Crippen molar-refractivity contribution in [2.24, 2.45) is 5.41 Å². The third kappa shape index (κ3) is 3.72. The number of aromatic nitrogens is 1.